The lowest BCUT2D eigenvalue weighted by molar-refractivity contribution is -0.150. The number of fused-ring (bicyclic) bond motifs is 1. The first-order chi connectivity index (χ1) is 18.9. The molecule has 212 valence electrons. The van der Waals surface area contributed by atoms with E-state index < -0.39 is 51.3 Å². The van der Waals surface area contributed by atoms with Crippen molar-refractivity contribution >= 4 is 46.4 Å². The summed E-state index contributed by atoms with van der Waals surface area (Å²) in [7, 11) is 3.31. The fraction of sp³-hybridized carbons (Fsp3) is 0.400. The lowest BCUT2D eigenvalue weighted by Crippen LogP contribution is -2.69. The fourth-order valence-electron chi connectivity index (χ4n) is 5.25. The van der Waals surface area contributed by atoms with Gasteiger partial charge in [0.15, 0.2) is 16.5 Å². The van der Waals surface area contributed by atoms with Gasteiger partial charge in [0.25, 0.3) is 5.91 Å². The van der Waals surface area contributed by atoms with Crippen molar-refractivity contribution in [2.75, 3.05) is 19.1 Å². The summed E-state index contributed by atoms with van der Waals surface area (Å²) in [5, 5.41) is 21.2. The molecule has 0 bridgehead atoms. The molecule has 5 rings (SSSR count). The predicted molar refractivity (Wildman–Crippen MR) is 143 cm³/mol. The topological polar surface area (TPSA) is 118 Å². The van der Waals surface area contributed by atoms with E-state index in [4.69, 9.17) is 27.9 Å². The summed E-state index contributed by atoms with van der Waals surface area (Å²) in [6, 6.07) is 3.22. The Morgan fingerprint density at radius 2 is 1.93 bits per heavy atom. The normalized spacial score (nSPS) is 20.8. The number of hydrogen-bond acceptors (Lipinski definition) is 9. The fourth-order valence-corrected chi connectivity index (χ4v) is 6.22. The van der Waals surface area contributed by atoms with E-state index in [0.29, 0.717) is 30.7 Å². The molecular formula is C25H23Cl2F2N5O5S. The van der Waals surface area contributed by atoms with Gasteiger partial charge in [0, 0.05) is 32.8 Å². The Labute approximate surface area is 240 Å². The molecule has 3 heterocycles. The first-order valence-electron chi connectivity index (χ1n) is 12.2. The first kappa shape index (κ1) is 28.2. The molecule has 40 heavy (non-hydrogen) atoms. The van der Waals surface area contributed by atoms with Crippen LogP contribution in [0.2, 0.25) is 0 Å². The van der Waals surface area contributed by atoms with Crippen LogP contribution in [-0.4, -0.2) is 67.5 Å². The minimum Gasteiger partial charge on any atom is -0.502 e. The monoisotopic (exact) mass is 613 g/mol. The van der Waals surface area contributed by atoms with Crippen LogP contribution in [0, 0.1) is 11.6 Å². The average Bonchev–Trinajstić information content (AvgIpc) is 3.38. The smallest absolute Gasteiger partial charge is 0.339 e. The average molecular weight is 614 g/mol. The maximum Gasteiger partial charge on any atom is 0.339 e. The van der Waals surface area contributed by atoms with Crippen molar-refractivity contribution in [1.29, 1.82) is 0 Å². The van der Waals surface area contributed by atoms with E-state index in [1.165, 1.54) is 21.8 Å². The highest BCUT2D eigenvalue weighted by atomic mass is 35.5. The zero-order chi connectivity index (χ0) is 28.9. The number of halogens is 4. The van der Waals surface area contributed by atoms with Crippen LogP contribution in [0.4, 0.5) is 8.78 Å². The Morgan fingerprint density at radius 1 is 1.23 bits per heavy atom. The van der Waals surface area contributed by atoms with Crippen LogP contribution >= 0.6 is 34.5 Å². The van der Waals surface area contributed by atoms with E-state index in [2.05, 4.69) is 10.2 Å². The van der Waals surface area contributed by atoms with Gasteiger partial charge in [0.05, 0.1) is 5.56 Å². The molecule has 1 saturated carbocycles. The van der Waals surface area contributed by atoms with Crippen molar-refractivity contribution in [2.45, 2.75) is 48.7 Å². The van der Waals surface area contributed by atoms with E-state index in [-0.39, 0.29) is 28.2 Å². The van der Waals surface area contributed by atoms with Gasteiger partial charge >= 0.3 is 5.97 Å². The number of esters is 1. The molecule has 1 amide bonds. The Balaban J connectivity index is 1.46. The predicted octanol–water partition coefficient (Wildman–Crippen LogP) is 3.58. The van der Waals surface area contributed by atoms with Gasteiger partial charge in [-0.3, -0.25) is 19.3 Å². The number of carbonyl (C=O) groups excluding carboxylic acids is 2. The number of alkyl halides is 2. The van der Waals surface area contributed by atoms with Gasteiger partial charge in [0.2, 0.25) is 10.3 Å². The van der Waals surface area contributed by atoms with Crippen molar-refractivity contribution in [3.05, 3.63) is 62.5 Å². The molecule has 2 aromatic heterocycles. The second kappa shape index (κ2) is 10.6. The Bertz CT molecular complexity index is 1560. The second-order valence-corrected chi connectivity index (χ2v) is 11.8. The highest BCUT2D eigenvalue weighted by Gasteiger charge is 2.50. The third kappa shape index (κ3) is 4.79. The van der Waals surface area contributed by atoms with E-state index in [9.17, 15) is 28.3 Å². The van der Waals surface area contributed by atoms with Crippen LogP contribution in [-0.2, 0) is 16.0 Å². The van der Waals surface area contributed by atoms with Crippen molar-refractivity contribution < 1.29 is 28.2 Å². The lowest BCUT2D eigenvalue weighted by atomic mass is 9.84. The molecule has 2 aliphatic rings. The number of pyridine rings is 1. The quantitative estimate of drug-likeness (QED) is 0.343. The maximum absolute atomic E-state index is 14.1. The summed E-state index contributed by atoms with van der Waals surface area (Å²) in [6.07, 6.45) is 2.67. The number of aromatic hydroxyl groups is 1. The molecule has 10 nitrogen and oxygen atoms in total. The molecule has 0 radical (unpaired) electrons. The molecule has 1 aromatic carbocycles. The van der Waals surface area contributed by atoms with Gasteiger partial charge in [-0.1, -0.05) is 40.6 Å². The van der Waals surface area contributed by atoms with Crippen LogP contribution < -0.4 is 10.4 Å². The number of nitrogens with zero attached hydrogens (tertiary/aromatic N) is 5. The van der Waals surface area contributed by atoms with Gasteiger partial charge in [-0.25, -0.2) is 13.6 Å². The van der Waals surface area contributed by atoms with Crippen molar-refractivity contribution in [3.8, 4) is 16.3 Å². The molecule has 1 aliphatic heterocycles. The number of carbonyl (C=O) groups is 2. The van der Waals surface area contributed by atoms with E-state index in [1.807, 2.05) is 0 Å². The number of aromatic nitrogens is 3. The molecule has 1 fully saturated rings. The summed E-state index contributed by atoms with van der Waals surface area (Å²) in [6.45, 7) is 0. The summed E-state index contributed by atoms with van der Waals surface area (Å²) in [5.74, 6) is -3.46. The summed E-state index contributed by atoms with van der Waals surface area (Å²) in [4.78, 5) is 38.6. The number of hydrogen-bond donors (Lipinski definition) is 1. The third-order valence-corrected chi connectivity index (χ3v) is 8.78. The highest BCUT2D eigenvalue weighted by molar-refractivity contribution is 7.14. The third-order valence-electron chi connectivity index (χ3n) is 7.47. The molecule has 1 N–H and O–H groups in total. The summed E-state index contributed by atoms with van der Waals surface area (Å²) < 4.78 is 34.2. The molecule has 1 spiro atoms. The van der Waals surface area contributed by atoms with Gasteiger partial charge in [0.1, 0.15) is 28.4 Å². The Hall–Kier alpha value is -3.29. The van der Waals surface area contributed by atoms with Gasteiger partial charge in [-0.05, 0) is 37.3 Å². The van der Waals surface area contributed by atoms with E-state index >= 15 is 0 Å². The van der Waals surface area contributed by atoms with Crippen LogP contribution in [0.25, 0.3) is 10.6 Å². The van der Waals surface area contributed by atoms with Crippen molar-refractivity contribution in [2.24, 2.45) is 0 Å². The summed E-state index contributed by atoms with van der Waals surface area (Å²) >= 11 is 12.2. The standard InChI is InChI=1S/C25H23Cl2F2N5O5S/c1-32-23(37)18-20(36)19(35)15(22-31-30-17(40-22)9-12-3-4-13(28)10-16(12)29)11-34(18)33(2)25(32)7-5-14(6-8-25)39-24(38)21(26)27/h3-4,10-11,14,21,36H,5-9H2,1-2H3. The highest BCUT2D eigenvalue weighted by Crippen LogP contribution is 2.41. The van der Waals surface area contributed by atoms with Gasteiger partial charge in [-0.15, -0.1) is 10.2 Å². The van der Waals surface area contributed by atoms with Gasteiger partial charge in [-0.2, -0.15) is 0 Å². The molecule has 0 unspecified atom stereocenters. The zero-order valence-corrected chi connectivity index (χ0v) is 23.6. The molecule has 1 aliphatic carbocycles. The lowest BCUT2D eigenvalue weighted by Gasteiger charge is -2.55. The van der Waals surface area contributed by atoms with Crippen LogP contribution in [0.1, 0.15) is 46.7 Å². The molecule has 0 atom stereocenters. The Kier molecular flexibility index (Phi) is 7.48. The minimum absolute atomic E-state index is 0.00168. The Morgan fingerprint density at radius 3 is 2.58 bits per heavy atom. The van der Waals surface area contributed by atoms with Crippen molar-refractivity contribution in [3.63, 3.8) is 0 Å². The SMILES string of the molecule is CN1C(=O)c2c(O)c(=O)c(-c3nnc(Cc4ccc(F)cc4F)s3)cn2N(C)C12CCC(OC(=O)C(Cl)Cl)CC2. The number of ether oxygens (including phenoxy) is 1. The van der Waals surface area contributed by atoms with E-state index in [0.717, 1.165) is 23.5 Å². The first-order valence-corrected chi connectivity index (χ1v) is 13.9. The minimum atomic E-state index is -1.29. The molecule has 15 heteroatoms. The number of rotatable bonds is 5. The van der Waals surface area contributed by atoms with Crippen LogP contribution in [0.5, 0.6) is 5.75 Å². The molecule has 0 saturated heterocycles. The number of benzene rings is 1. The molecule has 3 aromatic rings. The van der Waals surface area contributed by atoms with E-state index in [1.54, 1.807) is 19.1 Å². The largest absolute Gasteiger partial charge is 0.502 e. The van der Waals surface area contributed by atoms with Crippen LogP contribution in [0.3, 0.4) is 0 Å². The van der Waals surface area contributed by atoms with Gasteiger partial charge < -0.3 is 14.7 Å². The molecular weight excluding hydrogens is 591 g/mol. The summed E-state index contributed by atoms with van der Waals surface area (Å²) in [5.41, 5.74) is -1.65. The van der Waals surface area contributed by atoms with Crippen LogP contribution in [0.15, 0.2) is 29.2 Å². The zero-order valence-electron chi connectivity index (χ0n) is 21.2. The van der Waals surface area contributed by atoms with Crippen molar-refractivity contribution in [1.82, 2.24) is 19.8 Å². The second-order valence-electron chi connectivity index (χ2n) is 9.63. The number of amides is 1. The maximum atomic E-state index is 14.1.